The summed E-state index contributed by atoms with van der Waals surface area (Å²) >= 11 is 0. The highest BCUT2D eigenvalue weighted by Crippen LogP contribution is 2.47. The lowest BCUT2D eigenvalue weighted by Crippen LogP contribution is -2.34. The molecular weight excluding hydrogens is 176 g/mol. The Morgan fingerprint density at radius 3 is 2.50 bits per heavy atom. The molecule has 2 aliphatic rings. The van der Waals surface area contributed by atoms with Crippen molar-refractivity contribution in [3.05, 3.63) is 0 Å². The summed E-state index contributed by atoms with van der Waals surface area (Å²) in [6, 6.07) is 0. The zero-order valence-electron chi connectivity index (χ0n) is 8.84. The van der Waals surface area contributed by atoms with Crippen LogP contribution in [-0.4, -0.2) is 12.6 Å². The van der Waals surface area contributed by atoms with Crippen molar-refractivity contribution < 1.29 is 9.53 Å². The smallest absolute Gasteiger partial charge is 0.293 e. The van der Waals surface area contributed by atoms with Gasteiger partial charge in [-0.25, -0.2) is 0 Å². The van der Waals surface area contributed by atoms with Crippen LogP contribution in [0.4, 0.5) is 0 Å². The first-order valence-corrected chi connectivity index (χ1v) is 5.94. The average Bonchev–Trinajstić information content (AvgIpc) is 2.19. The summed E-state index contributed by atoms with van der Waals surface area (Å²) in [5.74, 6) is 0. The van der Waals surface area contributed by atoms with Crippen LogP contribution < -0.4 is 0 Å². The van der Waals surface area contributed by atoms with Gasteiger partial charge < -0.3 is 4.74 Å². The van der Waals surface area contributed by atoms with Gasteiger partial charge in [0.15, 0.2) is 0 Å². The Bertz CT molecular complexity index is 189. The van der Waals surface area contributed by atoms with Gasteiger partial charge >= 0.3 is 0 Å². The number of carbonyl (C=O) groups excluding carboxylic acids is 1. The van der Waals surface area contributed by atoms with Crippen molar-refractivity contribution in [2.24, 2.45) is 5.41 Å². The zero-order valence-corrected chi connectivity index (χ0v) is 8.84. The quantitative estimate of drug-likeness (QED) is 0.634. The van der Waals surface area contributed by atoms with Gasteiger partial charge in [0.1, 0.15) is 6.10 Å². The minimum Gasteiger partial charge on any atom is -0.465 e. The maximum Gasteiger partial charge on any atom is 0.293 e. The van der Waals surface area contributed by atoms with E-state index in [1.807, 2.05) is 0 Å². The van der Waals surface area contributed by atoms with Gasteiger partial charge in [-0.15, -0.1) is 0 Å². The van der Waals surface area contributed by atoms with E-state index in [0.29, 0.717) is 11.9 Å². The summed E-state index contributed by atoms with van der Waals surface area (Å²) < 4.78 is 5.13. The van der Waals surface area contributed by atoms with Gasteiger partial charge in [-0.2, -0.15) is 0 Å². The highest BCUT2D eigenvalue weighted by atomic mass is 16.5. The molecule has 0 N–H and O–H groups in total. The predicted octanol–water partition coefficient (Wildman–Crippen LogP) is 3.05. The third-order valence-electron chi connectivity index (χ3n) is 4.06. The molecule has 0 saturated heterocycles. The molecule has 1 spiro atoms. The lowest BCUT2D eigenvalue weighted by Gasteiger charge is -2.43. The van der Waals surface area contributed by atoms with E-state index in [0.717, 1.165) is 12.8 Å². The van der Waals surface area contributed by atoms with Crippen LogP contribution in [0.15, 0.2) is 0 Å². The van der Waals surface area contributed by atoms with E-state index < -0.39 is 0 Å². The largest absolute Gasteiger partial charge is 0.465 e. The number of carbonyl (C=O) groups is 1. The molecule has 2 heteroatoms. The number of hydrogen-bond acceptors (Lipinski definition) is 2. The molecule has 0 aromatic carbocycles. The van der Waals surface area contributed by atoms with Gasteiger partial charge in [0.05, 0.1) is 0 Å². The second-order valence-electron chi connectivity index (χ2n) is 5.01. The summed E-state index contributed by atoms with van der Waals surface area (Å²) in [6.07, 6.45) is 12.0. The molecule has 0 aromatic rings. The van der Waals surface area contributed by atoms with Crippen molar-refractivity contribution in [2.45, 2.75) is 63.9 Å². The maximum atomic E-state index is 10.3. The van der Waals surface area contributed by atoms with Crippen LogP contribution in [0.25, 0.3) is 0 Å². The molecule has 2 saturated carbocycles. The van der Waals surface area contributed by atoms with Crippen LogP contribution in [0, 0.1) is 5.41 Å². The molecular formula is C12H20O2. The number of hydrogen-bond donors (Lipinski definition) is 0. The minimum absolute atomic E-state index is 0.222. The first-order valence-electron chi connectivity index (χ1n) is 5.94. The van der Waals surface area contributed by atoms with Crippen molar-refractivity contribution in [3.63, 3.8) is 0 Å². The molecule has 80 valence electrons. The highest BCUT2D eigenvalue weighted by Gasteiger charge is 2.37. The Labute approximate surface area is 86.0 Å². The van der Waals surface area contributed by atoms with E-state index in [1.165, 1.54) is 44.9 Å². The van der Waals surface area contributed by atoms with E-state index in [2.05, 4.69) is 0 Å². The number of ether oxygens (including phenoxy) is 1. The van der Waals surface area contributed by atoms with E-state index in [9.17, 15) is 4.79 Å². The topological polar surface area (TPSA) is 26.3 Å². The summed E-state index contributed by atoms with van der Waals surface area (Å²) in [4.78, 5) is 10.3. The van der Waals surface area contributed by atoms with Crippen LogP contribution in [0.1, 0.15) is 57.8 Å². The lowest BCUT2D eigenvalue weighted by atomic mass is 9.65. The standard InChI is InChI=1S/C12H20O2/c13-10-14-11-5-4-8-12(9-11)6-2-1-3-7-12/h10-11H,1-9H2. The minimum atomic E-state index is 0.222. The van der Waals surface area contributed by atoms with E-state index in [-0.39, 0.29) is 6.10 Å². The van der Waals surface area contributed by atoms with Crippen LogP contribution in [-0.2, 0) is 9.53 Å². The Balaban J connectivity index is 1.94. The number of rotatable bonds is 2. The third-order valence-corrected chi connectivity index (χ3v) is 4.06. The van der Waals surface area contributed by atoms with Crippen LogP contribution in [0.2, 0.25) is 0 Å². The molecule has 2 fully saturated rings. The fraction of sp³-hybridized carbons (Fsp3) is 0.917. The summed E-state index contributed by atoms with van der Waals surface area (Å²) in [6.45, 7) is 0.631. The molecule has 1 unspecified atom stereocenters. The van der Waals surface area contributed by atoms with Crippen LogP contribution in [0.3, 0.4) is 0 Å². The van der Waals surface area contributed by atoms with Crippen molar-refractivity contribution in [1.29, 1.82) is 0 Å². The third kappa shape index (κ3) is 2.10. The Hall–Kier alpha value is -0.530. The molecule has 2 aliphatic carbocycles. The van der Waals surface area contributed by atoms with Gasteiger partial charge in [-0.05, 0) is 43.9 Å². The molecule has 2 rings (SSSR count). The van der Waals surface area contributed by atoms with Crippen molar-refractivity contribution >= 4 is 6.47 Å². The summed E-state index contributed by atoms with van der Waals surface area (Å²) in [5.41, 5.74) is 0.546. The van der Waals surface area contributed by atoms with Gasteiger partial charge in [0, 0.05) is 0 Å². The Morgan fingerprint density at radius 1 is 1.07 bits per heavy atom. The van der Waals surface area contributed by atoms with E-state index in [1.54, 1.807) is 0 Å². The second-order valence-corrected chi connectivity index (χ2v) is 5.01. The van der Waals surface area contributed by atoms with Crippen molar-refractivity contribution in [2.75, 3.05) is 0 Å². The van der Waals surface area contributed by atoms with Gasteiger partial charge in [-0.1, -0.05) is 19.3 Å². The second kappa shape index (κ2) is 4.33. The highest BCUT2D eigenvalue weighted by molar-refractivity contribution is 5.37. The molecule has 0 aliphatic heterocycles. The monoisotopic (exact) mass is 196 g/mol. The van der Waals surface area contributed by atoms with Gasteiger partial charge in [0.25, 0.3) is 6.47 Å². The van der Waals surface area contributed by atoms with Crippen LogP contribution >= 0.6 is 0 Å². The molecule has 0 amide bonds. The fourth-order valence-electron chi connectivity index (χ4n) is 3.34. The summed E-state index contributed by atoms with van der Waals surface area (Å²) in [5, 5.41) is 0. The molecule has 1 atom stereocenters. The lowest BCUT2D eigenvalue weighted by molar-refractivity contribution is -0.137. The van der Waals surface area contributed by atoms with E-state index in [4.69, 9.17) is 4.74 Å². The molecule has 14 heavy (non-hydrogen) atoms. The van der Waals surface area contributed by atoms with Gasteiger partial charge in [0.2, 0.25) is 0 Å². The molecule has 0 aromatic heterocycles. The molecule has 0 bridgehead atoms. The zero-order chi connectivity index (χ0) is 9.86. The predicted molar refractivity (Wildman–Crippen MR) is 54.9 cm³/mol. The van der Waals surface area contributed by atoms with Gasteiger partial charge in [-0.3, -0.25) is 4.79 Å². The first-order chi connectivity index (χ1) is 6.85. The van der Waals surface area contributed by atoms with E-state index >= 15 is 0 Å². The fourth-order valence-corrected chi connectivity index (χ4v) is 3.34. The Morgan fingerprint density at radius 2 is 1.79 bits per heavy atom. The van der Waals surface area contributed by atoms with Crippen LogP contribution in [0.5, 0.6) is 0 Å². The first kappa shape index (κ1) is 10.0. The Kier molecular flexibility index (Phi) is 3.09. The molecule has 2 nitrogen and oxygen atoms in total. The normalized spacial score (nSPS) is 31.3. The van der Waals surface area contributed by atoms with Crippen molar-refractivity contribution in [3.8, 4) is 0 Å². The maximum absolute atomic E-state index is 10.3. The average molecular weight is 196 g/mol. The molecule has 0 heterocycles. The SMILES string of the molecule is O=COC1CCCC2(CCCCC2)C1. The molecule has 0 radical (unpaired) electrons. The summed E-state index contributed by atoms with van der Waals surface area (Å²) in [7, 11) is 0. The van der Waals surface area contributed by atoms with Crippen molar-refractivity contribution in [1.82, 2.24) is 0 Å².